The maximum Gasteiger partial charge on any atom is 0.300 e. The van der Waals surface area contributed by atoms with Crippen LogP contribution >= 0.6 is 0 Å². The number of hydrogen-bond donors (Lipinski definition) is 1. The molecule has 0 spiro atoms. The summed E-state index contributed by atoms with van der Waals surface area (Å²) in [5.41, 5.74) is 4.80. The quantitative estimate of drug-likeness (QED) is 0.483. The molecule has 0 aliphatic rings. The van der Waals surface area contributed by atoms with E-state index in [9.17, 15) is 0 Å². The molecule has 2 heterocycles. The van der Waals surface area contributed by atoms with E-state index in [1.807, 2.05) is 59.2 Å². The third-order valence-corrected chi connectivity index (χ3v) is 4.62. The molecule has 5 rings (SSSR count). The first kappa shape index (κ1) is 16.3. The second-order valence-electron chi connectivity index (χ2n) is 6.46. The average Bonchev–Trinajstić information content (AvgIpc) is 3.40. The van der Waals surface area contributed by atoms with Crippen LogP contribution in [0.5, 0.6) is 0 Å². The van der Waals surface area contributed by atoms with Gasteiger partial charge in [0.05, 0.1) is 6.04 Å². The standard InChI is InChI=1S/C22H17N5O/c1-2-6-16(7-3-1)21(27-14-23-24-15-27)17-10-12-18(13-11-17)25-22-26-19-8-4-5-9-20(19)28-22/h1-15,21H,(H,25,26). The lowest BCUT2D eigenvalue weighted by atomic mass is 9.98. The van der Waals surface area contributed by atoms with E-state index in [4.69, 9.17) is 4.42 Å². The number of hydrogen-bond acceptors (Lipinski definition) is 5. The van der Waals surface area contributed by atoms with Crippen molar-refractivity contribution in [2.45, 2.75) is 6.04 Å². The van der Waals surface area contributed by atoms with Crippen LogP contribution in [0.15, 0.2) is 95.9 Å². The van der Waals surface area contributed by atoms with E-state index < -0.39 is 0 Å². The van der Waals surface area contributed by atoms with Gasteiger partial charge in [0, 0.05) is 5.69 Å². The van der Waals surface area contributed by atoms with Crippen LogP contribution in [0.2, 0.25) is 0 Å². The third-order valence-electron chi connectivity index (χ3n) is 4.62. The summed E-state index contributed by atoms with van der Waals surface area (Å²) in [4.78, 5) is 4.46. The number of para-hydroxylation sites is 2. The Hall–Kier alpha value is -3.93. The summed E-state index contributed by atoms with van der Waals surface area (Å²) in [5, 5.41) is 11.2. The number of oxazole rings is 1. The highest BCUT2D eigenvalue weighted by molar-refractivity contribution is 5.75. The molecule has 0 bridgehead atoms. The van der Waals surface area contributed by atoms with Gasteiger partial charge >= 0.3 is 0 Å². The van der Waals surface area contributed by atoms with Crippen LogP contribution in [0.4, 0.5) is 11.7 Å². The lowest BCUT2D eigenvalue weighted by molar-refractivity contribution is 0.623. The van der Waals surface area contributed by atoms with Crippen LogP contribution in [0.25, 0.3) is 11.1 Å². The normalized spacial score (nSPS) is 12.1. The van der Waals surface area contributed by atoms with E-state index in [1.54, 1.807) is 12.7 Å². The Bertz CT molecular complexity index is 1150. The van der Waals surface area contributed by atoms with Crippen molar-refractivity contribution in [2.24, 2.45) is 0 Å². The molecule has 1 unspecified atom stereocenters. The van der Waals surface area contributed by atoms with Gasteiger partial charge in [0.15, 0.2) is 5.58 Å². The predicted octanol–water partition coefficient (Wildman–Crippen LogP) is 4.80. The van der Waals surface area contributed by atoms with Gasteiger partial charge in [0.2, 0.25) is 0 Å². The second-order valence-corrected chi connectivity index (χ2v) is 6.46. The van der Waals surface area contributed by atoms with E-state index in [-0.39, 0.29) is 6.04 Å². The molecule has 0 saturated carbocycles. The number of fused-ring (bicyclic) bond motifs is 1. The summed E-state index contributed by atoms with van der Waals surface area (Å²) >= 11 is 0. The number of aromatic nitrogens is 4. The van der Waals surface area contributed by atoms with E-state index >= 15 is 0 Å². The zero-order valence-corrected chi connectivity index (χ0v) is 14.9. The minimum atomic E-state index is 0.00887. The Morgan fingerprint density at radius 1 is 0.750 bits per heavy atom. The van der Waals surface area contributed by atoms with E-state index in [0.717, 1.165) is 22.4 Å². The Balaban J connectivity index is 1.44. The van der Waals surface area contributed by atoms with Crippen molar-refractivity contribution in [1.82, 2.24) is 19.7 Å². The van der Waals surface area contributed by atoms with Crippen molar-refractivity contribution >= 4 is 22.8 Å². The summed E-state index contributed by atoms with van der Waals surface area (Å²) in [6, 6.07) is 26.7. The summed E-state index contributed by atoms with van der Waals surface area (Å²) < 4.78 is 7.73. The maximum absolute atomic E-state index is 5.74. The largest absolute Gasteiger partial charge is 0.423 e. The van der Waals surface area contributed by atoms with Crippen molar-refractivity contribution in [3.63, 3.8) is 0 Å². The van der Waals surface area contributed by atoms with E-state index in [2.05, 4.69) is 44.8 Å². The molecule has 2 aromatic heterocycles. The van der Waals surface area contributed by atoms with Gasteiger partial charge in [0.25, 0.3) is 6.01 Å². The third kappa shape index (κ3) is 3.12. The summed E-state index contributed by atoms with van der Waals surface area (Å²) in [6.45, 7) is 0. The number of rotatable bonds is 5. The van der Waals surface area contributed by atoms with Gasteiger partial charge in [-0.3, -0.25) is 0 Å². The zero-order chi connectivity index (χ0) is 18.8. The molecule has 0 radical (unpaired) electrons. The molecule has 0 fully saturated rings. The molecule has 0 saturated heterocycles. The fourth-order valence-electron chi connectivity index (χ4n) is 3.31. The Labute approximate surface area is 161 Å². The van der Waals surface area contributed by atoms with Gasteiger partial charge in [-0.25, -0.2) is 0 Å². The van der Waals surface area contributed by atoms with Gasteiger partial charge in [-0.15, -0.1) is 10.2 Å². The summed E-state index contributed by atoms with van der Waals surface area (Å²) in [6.07, 6.45) is 3.48. The van der Waals surface area contributed by atoms with Gasteiger partial charge < -0.3 is 14.3 Å². The minimum absolute atomic E-state index is 0.00887. The average molecular weight is 367 g/mol. The summed E-state index contributed by atoms with van der Waals surface area (Å²) in [7, 11) is 0. The van der Waals surface area contributed by atoms with Crippen molar-refractivity contribution < 1.29 is 4.42 Å². The molecule has 6 heteroatoms. The molecular formula is C22H17N5O. The number of anilines is 2. The molecule has 136 valence electrons. The van der Waals surface area contributed by atoms with Crippen LogP contribution in [0, 0.1) is 0 Å². The highest BCUT2D eigenvalue weighted by Crippen LogP contribution is 2.28. The van der Waals surface area contributed by atoms with Crippen LogP contribution in [0.1, 0.15) is 17.2 Å². The predicted molar refractivity (Wildman–Crippen MR) is 107 cm³/mol. The maximum atomic E-state index is 5.74. The summed E-state index contributed by atoms with van der Waals surface area (Å²) in [5.74, 6) is 0. The molecule has 6 nitrogen and oxygen atoms in total. The molecule has 1 atom stereocenters. The highest BCUT2D eigenvalue weighted by Gasteiger charge is 2.16. The molecule has 5 aromatic rings. The minimum Gasteiger partial charge on any atom is -0.423 e. The SMILES string of the molecule is c1ccc(C(c2ccc(Nc3nc4ccccc4o3)cc2)n2cnnc2)cc1. The molecule has 28 heavy (non-hydrogen) atoms. The molecular weight excluding hydrogens is 350 g/mol. The van der Waals surface area contributed by atoms with Crippen molar-refractivity contribution in [2.75, 3.05) is 5.32 Å². The van der Waals surface area contributed by atoms with Crippen LogP contribution in [0.3, 0.4) is 0 Å². The van der Waals surface area contributed by atoms with Crippen molar-refractivity contribution in [1.29, 1.82) is 0 Å². The fourth-order valence-corrected chi connectivity index (χ4v) is 3.31. The van der Waals surface area contributed by atoms with Crippen molar-refractivity contribution in [3.8, 4) is 0 Å². The van der Waals surface area contributed by atoms with Gasteiger partial charge in [-0.05, 0) is 35.4 Å². The van der Waals surface area contributed by atoms with E-state index in [0.29, 0.717) is 6.01 Å². The lowest BCUT2D eigenvalue weighted by Gasteiger charge is -2.19. The van der Waals surface area contributed by atoms with Gasteiger partial charge in [0.1, 0.15) is 18.2 Å². The molecule has 1 N–H and O–H groups in total. The van der Waals surface area contributed by atoms with Gasteiger partial charge in [-0.1, -0.05) is 54.6 Å². The second kappa shape index (κ2) is 7.00. The number of nitrogens with one attached hydrogen (secondary N) is 1. The first-order chi connectivity index (χ1) is 13.9. The molecule has 3 aromatic carbocycles. The van der Waals surface area contributed by atoms with Crippen LogP contribution < -0.4 is 5.32 Å². The number of nitrogens with zero attached hydrogens (tertiary/aromatic N) is 4. The topological polar surface area (TPSA) is 68.8 Å². The first-order valence-corrected chi connectivity index (χ1v) is 8.98. The first-order valence-electron chi connectivity index (χ1n) is 8.98. The fraction of sp³-hybridized carbons (Fsp3) is 0.0455. The van der Waals surface area contributed by atoms with Crippen LogP contribution in [-0.4, -0.2) is 19.7 Å². The Morgan fingerprint density at radius 2 is 1.43 bits per heavy atom. The monoisotopic (exact) mass is 367 g/mol. The van der Waals surface area contributed by atoms with Gasteiger partial charge in [-0.2, -0.15) is 4.98 Å². The van der Waals surface area contributed by atoms with Crippen LogP contribution in [-0.2, 0) is 0 Å². The zero-order valence-electron chi connectivity index (χ0n) is 14.9. The highest BCUT2D eigenvalue weighted by atomic mass is 16.4. The molecule has 0 aliphatic heterocycles. The lowest BCUT2D eigenvalue weighted by Crippen LogP contribution is -2.10. The van der Waals surface area contributed by atoms with Crippen molar-refractivity contribution in [3.05, 3.63) is 103 Å². The number of benzene rings is 3. The Kier molecular flexibility index (Phi) is 4.06. The Morgan fingerprint density at radius 3 is 2.18 bits per heavy atom. The smallest absolute Gasteiger partial charge is 0.300 e. The van der Waals surface area contributed by atoms with E-state index in [1.165, 1.54) is 5.56 Å². The molecule has 0 aliphatic carbocycles. The molecule has 0 amide bonds.